The Kier molecular flexibility index (Phi) is 6.74. The molecule has 2 N–H and O–H groups in total. The first-order chi connectivity index (χ1) is 15.3. The van der Waals surface area contributed by atoms with Crippen LogP contribution in [0.5, 0.6) is 0 Å². The third-order valence-electron chi connectivity index (χ3n) is 5.53. The van der Waals surface area contributed by atoms with Gasteiger partial charge in [0.2, 0.25) is 0 Å². The Morgan fingerprint density at radius 1 is 0.906 bits per heavy atom. The van der Waals surface area contributed by atoms with Gasteiger partial charge in [0.1, 0.15) is 10.7 Å². The maximum atomic E-state index is 12.9. The molecule has 2 aliphatic rings. The number of nitrogens with one attached hydrogen (secondary N) is 2. The van der Waals surface area contributed by atoms with E-state index in [1.807, 2.05) is 0 Å². The van der Waals surface area contributed by atoms with Gasteiger partial charge in [-0.1, -0.05) is 54.1 Å². The van der Waals surface area contributed by atoms with Crippen molar-refractivity contribution in [3.63, 3.8) is 0 Å². The Hall–Kier alpha value is -2.54. The molecule has 0 aromatic heterocycles. The third-order valence-corrected chi connectivity index (χ3v) is 6.44. The molecule has 4 rings (SSSR count). The Balaban J connectivity index is 1.47. The van der Waals surface area contributed by atoms with Gasteiger partial charge in [-0.15, -0.1) is 0 Å². The maximum absolute atomic E-state index is 12.9. The molecule has 1 fully saturated rings. The van der Waals surface area contributed by atoms with E-state index in [1.165, 1.54) is 18.6 Å². The van der Waals surface area contributed by atoms with Crippen LogP contribution in [0.4, 0.5) is 11.4 Å². The van der Waals surface area contributed by atoms with Crippen molar-refractivity contribution in [2.75, 3.05) is 10.2 Å². The van der Waals surface area contributed by atoms with E-state index in [0.717, 1.165) is 30.6 Å². The normalized spacial score (nSPS) is 17.2. The molecule has 0 bridgehead atoms. The van der Waals surface area contributed by atoms with Gasteiger partial charge in [0.15, 0.2) is 0 Å². The van der Waals surface area contributed by atoms with Crippen LogP contribution in [0, 0.1) is 0 Å². The van der Waals surface area contributed by atoms with E-state index in [-0.39, 0.29) is 33.4 Å². The first-order valence-corrected chi connectivity index (χ1v) is 11.4. The molecule has 0 spiro atoms. The Bertz CT molecular complexity index is 1110. The van der Waals surface area contributed by atoms with E-state index < -0.39 is 11.8 Å². The lowest BCUT2D eigenvalue weighted by Crippen LogP contribution is -2.36. The molecule has 1 aliphatic carbocycles. The summed E-state index contributed by atoms with van der Waals surface area (Å²) in [5.41, 5.74) is 1.10. The van der Waals surface area contributed by atoms with Gasteiger partial charge in [-0.2, -0.15) is 0 Å². The summed E-state index contributed by atoms with van der Waals surface area (Å²) in [5, 5.41) is 6.20. The van der Waals surface area contributed by atoms with E-state index in [1.54, 1.807) is 30.3 Å². The molecule has 166 valence electrons. The van der Waals surface area contributed by atoms with Crippen molar-refractivity contribution in [3.8, 4) is 0 Å². The molecule has 0 atom stereocenters. The summed E-state index contributed by atoms with van der Waals surface area (Å²) in [4.78, 5) is 38.9. The van der Waals surface area contributed by atoms with Gasteiger partial charge >= 0.3 is 0 Å². The van der Waals surface area contributed by atoms with E-state index >= 15 is 0 Å². The highest BCUT2D eigenvalue weighted by Crippen LogP contribution is 2.35. The highest BCUT2D eigenvalue weighted by Gasteiger charge is 2.40. The van der Waals surface area contributed by atoms with E-state index in [2.05, 4.69) is 10.6 Å². The Morgan fingerprint density at radius 2 is 1.59 bits per heavy atom. The van der Waals surface area contributed by atoms with Crippen molar-refractivity contribution < 1.29 is 14.4 Å². The summed E-state index contributed by atoms with van der Waals surface area (Å²) >= 11 is 18.3. The zero-order valence-electron chi connectivity index (χ0n) is 17.0. The third kappa shape index (κ3) is 4.63. The van der Waals surface area contributed by atoms with Gasteiger partial charge < -0.3 is 10.6 Å². The SMILES string of the molecule is O=C(NC1CCCCC1)c1ccc(NC2=C(Cl)C(=O)N(c3cc(Cl)ccc3Cl)C2=O)cc1. The van der Waals surface area contributed by atoms with E-state index in [4.69, 9.17) is 34.8 Å². The number of amides is 3. The molecule has 1 saturated carbocycles. The number of rotatable bonds is 5. The number of halogens is 3. The average Bonchev–Trinajstić information content (AvgIpc) is 3.00. The number of carbonyl (C=O) groups is 3. The Morgan fingerprint density at radius 3 is 2.28 bits per heavy atom. The molecular weight excluding hydrogens is 473 g/mol. The molecule has 2 aromatic rings. The fourth-order valence-corrected chi connectivity index (χ4v) is 4.43. The lowest BCUT2D eigenvalue weighted by molar-refractivity contribution is -0.120. The monoisotopic (exact) mass is 491 g/mol. The van der Waals surface area contributed by atoms with Gasteiger partial charge in [0.05, 0.1) is 10.7 Å². The highest BCUT2D eigenvalue weighted by atomic mass is 35.5. The van der Waals surface area contributed by atoms with Gasteiger partial charge in [0, 0.05) is 22.3 Å². The summed E-state index contributed by atoms with van der Waals surface area (Å²) in [6, 6.07) is 11.3. The molecule has 32 heavy (non-hydrogen) atoms. The minimum absolute atomic E-state index is 0.0767. The molecule has 0 radical (unpaired) electrons. The summed E-state index contributed by atoms with van der Waals surface area (Å²) in [5.74, 6) is -1.48. The largest absolute Gasteiger partial charge is 0.350 e. The van der Waals surface area contributed by atoms with Crippen LogP contribution in [-0.2, 0) is 9.59 Å². The number of hydrogen-bond donors (Lipinski definition) is 2. The van der Waals surface area contributed by atoms with E-state index in [0.29, 0.717) is 16.3 Å². The zero-order chi connectivity index (χ0) is 22.8. The number of imide groups is 1. The van der Waals surface area contributed by atoms with Crippen LogP contribution >= 0.6 is 34.8 Å². The molecule has 1 heterocycles. The number of anilines is 2. The zero-order valence-corrected chi connectivity index (χ0v) is 19.2. The first-order valence-electron chi connectivity index (χ1n) is 10.3. The van der Waals surface area contributed by atoms with Crippen molar-refractivity contribution >= 4 is 63.9 Å². The molecule has 0 saturated heterocycles. The lowest BCUT2D eigenvalue weighted by atomic mass is 9.95. The lowest BCUT2D eigenvalue weighted by Gasteiger charge is -2.22. The summed E-state index contributed by atoms with van der Waals surface area (Å²) in [6.07, 6.45) is 5.48. The van der Waals surface area contributed by atoms with Crippen LogP contribution in [0.25, 0.3) is 0 Å². The molecule has 6 nitrogen and oxygen atoms in total. The van der Waals surface area contributed by atoms with Crippen LogP contribution < -0.4 is 15.5 Å². The smallest absolute Gasteiger partial charge is 0.283 e. The summed E-state index contributed by atoms with van der Waals surface area (Å²) in [6.45, 7) is 0. The van der Waals surface area contributed by atoms with Gasteiger partial charge in [-0.05, 0) is 55.3 Å². The average molecular weight is 493 g/mol. The molecule has 2 aromatic carbocycles. The van der Waals surface area contributed by atoms with Crippen LogP contribution in [0.1, 0.15) is 42.5 Å². The number of carbonyl (C=O) groups excluding carboxylic acids is 3. The standard InChI is InChI=1S/C23H20Cl3N3O3/c24-14-8-11-17(25)18(12-14)29-22(31)19(26)20(23(29)32)27-16-9-6-13(7-10-16)21(30)28-15-4-2-1-3-5-15/h6-12,15,27H,1-5H2,(H,28,30). The minimum Gasteiger partial charge on any atom is -0.350 e. The van der Waals surface area contributed by atoms with Crippen LogP contribution in [0.2, 0.25) is 10.0 Å². The molecule has 0 unspecified atom stereocenters. The van der Waals surface area contributed by atoms with Crippen molar-refractivity contribution in [3.05, 3.63) is 68.8 Å². The van der Waals surface area contributed by atoms with Crippen molar-refractivity contribution in [1.29, 1.82) is 0 Å². The maximum Gasteiger partial charge on any atom is 0.283 e. The summed E-state index contributed by atoms with van der Waals surface area (Å²) < 4.78 is 0. The van der Waals surface area contributed by atoms with Crippen LogP contribution in [0.3, 0.4) is 0 Å². The molecule has 3 amide bonds. The second kappa shape index (κ2) is 9.53. The number of nitrogens with zero attached hydrogens (tertiary/aromatic N) is 1. The predicted molar refractivity (Wildman–Crippen MR) is 126 cm³/mol. The van der Waals surface area contributed by atoms with Crippen LogP contribution in [0.15, 0.2) is 53.2 Å². The van der Waals surface area contributed by atoms with Gasteiger partial charge in [0.25, 0.3) is 17.7 Å². The van der Waals surface area contributed by atoms with Crippen LogP contribution in [-0.4, -0.2) is 23.8 Å². The van der Waals surface area contributed by atoms with Gasteiger partial charge in [-0.3, -0.25) is 14.4 Å². The van der Waals surface area contributed by atoms with Crippen molar-refractivity contribution in [1.82, 2.24) is 5.32 Å². The topological polar surface area (TPSA) is 78.5 Å². The highest BCUT2D eigenvalue weighted by molar-refractivity contribution is 6.54. The second-order valence-electron chi connectivity index (χ2n) is 7.74. The molecular formula is C23H20Cl3N3O3. The fraction of sp³-hybridized carbons (Fsp3) is 0.261. The van der Waals surface area contributed by atoms with E-state index in [9.17, 15) is 14.4 Å². The Labute approximate surface area is 200 Å². The predicted octanol–water partition coefficient (Wildman–Crippen LogP) is 5.49. The summed E-state index contributed by atoms with van der Waals surface area (Å²) in [7, 11) is 0. The number of hydrogen-bond acceptors (Lipinski definition) is 4. The van der Waals surface area contributed by atoms with Crippen molar-refractivity contribution in [2.24, 2.45) is 0 Å². The fourth-order valence-electron chi connectivity index (χ4n) is 3.85. The minimum atomic E-state index is -0.702. The molecule has 9 heteroatoms. The first kappa shape index (κ1) is 22.6. The van der Waals surface area contributed by atoms with Gasteiger partial charge in [-0.25, -0.2) is 4.90 Å². The second-order valence-corrected chi connectivity index (χ2v) is 8.96. The van der Waals surface area contributed by atoms with Crippen molar-refractivity contribution in [2.45, 2.75) is 38.1 Å². The number of benzene rings is 2. The quantitative estimate of drug-likeness (QED) is 0.541. The molecule has 1 aliphatic heterocycles.